The van der Waals surface area contributed by atoms with Crippen molar-refractivity contribution in [2.45, 2.75) is 88.6 Å². The molecular formula is C26H34N2O5S2. The number of nitrogens with zero attached hydrogens (tertiary/aromatic N) is 2. The van der Waals surface area contributed by atoms with Gasteiger partial charge in [0.25, 0.3) is 5.91 Å². The van der Waals surface area contributed by atoms with E-state index in [4.69, 9.17) is 9.73 Å². The van der Waals surface area contributed by atoms with E-state index < -0.39 is 15.7 Å². The summed E-state index contributed by atoms with van der Waals surface area (Å²) < 4.78 is 39.5. The monoisotopic (exact) mass is 518 g/mol. The fourth-order valence-electron chi connectivity index (χ4n) is 5.09. The fourth-order valence-corrected chi connectivity index (χ4v) is 7.10. The van der Waals surface area contributed by atoms with Gasteiger partial charge in [-0.05, 0) is 55.9 Å². The van der Waals surface area contributed by atoms with Gasteiger partial charge in [0.2, 0.25) is 0 Å². The summed E-state index contributed by atoms with van der Waals surface area (Å²) in [5, 5.41) is 0. The summed E-state index contributed by atoms with van der Waals surface area (Å²) >= 11 is 1.05. The molecule has 4 rings (SSSR count). The number of aliphatic imine (C=N–C) groups is 1. The summed E-state index contributed by atoms with van der Waals surface area (Å²) in [6.45, 7) is 7.10. The van der Waals surface area contributed by atoms with Gasteiger partial charge >= 0.3 is 10.1 Å². The molecule has 1 fully saturated rings. The summed E-state index contributed by atoms with van der Waals surface area (Å²) in [6, 6.07) is 7.56. The van der Waals surface area contributed by atoms with Crippen LogP contribution in [0, 0.1) is 6.92 Å². The molecule has 1 saturated carbocycles. The van der Waals surface area contributed by atoms with Crippen LogP contribution in [-0.4, -0.2) is 41.8 Å². The highest BCUT2D eigenvalue weighted by Crippen LogP contribution is 2.41. The second-order valence-corrected chi connectivity index (χ2v) is 12.3. The van der Waals surface area contributed by atoms with Crippen molar-refractivity contribution < 1.29 is 22.5 Å². The van der Waals surface area contributed by atoms with Crippen LogP contribution in [0.2, 0.25) is 0 Å². The lowest BCUT2D eigenvalue weighted by molar-refractivity contribution is -0.131. The largest absolute Gasteiger partial charge is 0.377 e. The van der Waals surface area contributed by atoms with Gasteiger partial charge in [-0.15, -0.1) is 11.3 Å². The van der Waals surface area contributed by atoms with Crippen molar-refractivity contribution in [1.29, 1.82) is 0 Å². The highest BCUT2D eigenvalue weighted by molar-refractivity contribution is 7.88. The Morgan fingerprint density at radius 3 is 2.57 bits per heavy atom. The first-order chi connectivity index (χ1) is 16.7. The number of hydrogen-bond acceptors (Lipinski definition) is 6. The first-order valence-electron chi connectivity index (χ1n) is 12.4. The Labute approximate surface area is 212 Å². The van der Waals surface area contributed by atoms with Gasteiger partial charge in [0.1, 0.15) is 11.4 Å². The highest BCUT2D eigenvalue weighted by atomic mass is 32.3. The quantitative estimate of drug-likeness (QED) is 0.404. The molecule has 0 bridgehead atoms. The topological polar surface area (TPSA) is 96.3 Å². The number of amides is 1. The Morgan fingerprint density at radius 1 is 1.17 bits per heavy atom. The number of thiophene rings is 1. The standard InChI is InChI=1S/C26H34N2O5S2/c1-4-6-9-23-27-26(12-7-8-13-26)25(29)28(23)16-19-10-11-21(20(15-19)17-33-5-2)22-14-18(3)34-24(22)35(30,31)32/h10-11,14-15H,4-9,12-13,16-17H2,1-3H3,(H,30,31,32). The average molecular weight is 519 g/mol. The van der Waals surface area contributed by atoms with Crippen molar-refractivity contribution in [2.24, 2.45) is 4.99 Å². The number of carbonyl (C=O) groups is 1. The lowest BCUT2D eigenvalue weighted by Gasteiger charge is -2.23. The lowest BCUT2D eigenvalue weighted by Crippen LogP contribution is -2.40. The number of hydrogen-bond donors (Lipinski definition) is 1. The maximum absolute atomic E-state index is 13.5. The molecule has 2 heterocycles. The maximum Gasteiger partial charge on any atom is 0.304 e. The third-order valence-corrected chi connectivity index (χ3v) is 9.22. The number of aryl methyl sites for hydroxylation is 1. The number of unbranched alkanes of at least 4 members (excludes halogenated alkanes) is 1. The molecule has 0 atom stereocenters. The molecule has 2 aromatic rings. The van der Waals surface area contributed by atoms with Crippen LogP contribution in [-0.2, 0) is 32.8 Å². The molecule has 35 heavy (non-hydrogen) atoms. The van der Waals surface area contributed by atoms with Gasteiger partial charge in [0.05, 0.1) is 13.2 Å². The number of ether oxygens (including phenoxy) is 1. The van der Waals surface area contributed by atoms with E-state index >= 15 is 0 Å². The first-order valence-corrected chi connectivity index (χ1v) is 14.6. The van der Waals surface area contributed by atoms with E-state index in [2.05, 4.69) is 6.92 Å². The Bertz CT molecular complexity index is 1230. The minimum Gasteiger partial charge on any atom is -0.377 e. The Morgan fingerprint density at radius 2 is 1.91 bits per heavy atom. The molecule has 1 aliphatic carbocycles. The van der Waals surface area contributed by atoms with Crippen LogP contribution in [0.15, 0.2) is 33.5 Å². The molecule has 0 saturated heterocycles. The Kier molecular flexibility index (Phi) is 7.80. The number of carbonyl (C=O) groups excluding carboxylic acids is 1. The normalized spacial score (nSPS) is 17.5. The van der Waals surface area contributed by atoms with E-state index in [0.717, 1.165) is 78.1 Å². The third-order valence-electron chi connectivity index (χ3n) is 6.80. The second kappa shape index (κ2) is 10.5. The lowest BCUT2D eigenvalue weighted by atomic mass is 9.97. The molecule has 0 unspecified atom stereocenters. The van der Waals surface area contributed by atoms with Crippen molar-refractivity contribution in [3.63, 3.8) is 0 Å². The molecule has 190 valence electrons. The molecule has 1 aromatic carbocycles. The van der Waals surface area contributed by atoms with Gasteiger partial charge in [0, 0.05) is 23.5 Å². The van der Waals surface area contributed by atoms with Crippen molar-refractivity contribution in [3.8, 4) is 11.1 Å². The fraction of sp³-hybridized carbons (Fsp3) is 0.538. The summed E-state index contributed by atoms with van der Waals surface area (Å²) in [7, 11) is -4.35. The molecule has 1 aromatic heterocycles. The minimum absolute atomic E-state index is 0.0626. The molecular weight excluding hydrogens is 484 g/mol. The molecule has 1 amide bonds. The zero-order valence-corrected chi connectivity index (χ0v) is 22.3. The van der Waals surface area contributed by atoms with Crippen molar-refractivity contribution in [2.75, 3.05) is 6.61 Å². The number of amidine groups is 1. The van der Waals surface area contributed by atoms with Crippen LogP contribution in [0.25, 0.3) is 11.1 Å². The van der Waals surface area contributed by atoms with E-state index in [-0.39, 0.29) is 10.1 Å². The van der Waals surface area contributed by atoms with Crippen molar-refractivity contribution in [3.05, 3.63) is 40.3 Å². The zero-order chi connectivity index (χ0) is 25.2. The van der Waals surface area contributed by atoms with Gasteiger partial charge in [-0.25, -0.2) is 0 Å². The molecule has 1 aliphatic heterocycles. The maximum atomic E-state index is 13.5. The van der Waals surface area contributed by atoms with Crippen LogP contribution in [0.1, 0.15) is 74.8 Å². The smallest absolute Gasteiger partial charge is 0.304 e. The van der Waals surface area contributed by atoms with Gasteiger partial charge in [-0.3, -0.25) is 19.2 Å². The second-order valence-electron chi connectivity index (χ2n) is 9.42. The average Bonchev–Trinajstić information content (AvgIpc) is 3.51. The molecule has 1 N–H and O–H groups in total. The van der Waals surface area contributed by atoms with Crippen LogP contribution < -0.4 is 0 Å². The summed E-state index contributed by atoms with van der Waals surface area (Å²) in [5.41, 5.74) is 2.37. The van der Waals surface area contributed by atoms with Crippen LogP contribution in [0.3, 0.4) is 0 Å². The number of benzene rings is 1. The Hall–Kier alpha value is -2.07. The molecule has 2 aliphatic rings. The van der Waals surface area contributed by atoms with Gasteiger partial charge in [0.15, 0.2) is 4.21 Å². The van der Waals surface area contributed by atoms with Gasteiger partial charge in [-0.1, -0.05) is 44.4 Å². The highest BCUT2D eigenvalue weighted by Gasteiger charge is 2.49. The zero-order valence-electron chi connectivity index (χ0n) is 20.7. The molecule has 9 heteroatoms. The third kappa shape index (κ3) is 5.38. The van der Waals surface area contributed by atoms with Gasteiger partial charge < -0.3 is 4.74 Å². The number of rotatable bonds is 10. The first kappa shape index (κ1) is 26.0. The summed E-state index contributed by atoms with van der Waals surface area (Å²) in [5.74, 6) is 0.995. The van der Waals surface area contributed by atoms with E-state index in [1.165, 1.54) is 0 Å². The van der Waals surface area contributed by atoms with Crippen LogP contribution in [0.5, 0.6) is 0 Å². The SMILES string of the molecule is CCCCC1=NC2(CCCC2)C(=O)N1Cc1ccc(-c2cc(C)sc2S(=O)(=O)O)c(COCC)c1. The molecule has 0 radical (unpaired) electrons. The van der Waals surface area contributed by atoms with Crippen LogP contribution >= 0.6 is 11.3 Å². The van der Waals surface area contributed by atoms with E-state index in [1.54, 1.807) is 6.07 Å². The van der Waals surface area contributed by atoms with Gasteiger partial charge in [-0.2, -0.15) is 8.42 Å². The molecule has 1 spiro atoms. The van der Waals surface area contributed by atoms with E-state index in [1.807, 2.05) is 36.9 Å². The summed E-state index contributed by atoms with van der Waals surface area (Å²) in [4.78, 5) is 21.1. The molecule has 7 nitrogen and oxygen atoms in total. The van der Waals surface area contributed by atoms with E-state index in [0.29, 0.717) is 30.9 Å². The Balaban J connectivity index is 1.69. The van der Waals surface area contributed by atoms with Crippen molar-refractivity contribution >= 4 is 33.2 Å². The van der Waals surface area contributed by atoms with Crippen molar-refractivity contribution in [1.82, 2.24) is 4.90 Å². The van der Waals surface area contributed by atoms with E-state index in [9.17, 15) is 17.8 Å². The predicted octanol–water partition coefficient (Wildman–Crippen LogP) is 5.75. The van der Waals surface area contributed by atoms with Crippen LogP contribution in [0.4, 0.5) is 0 Å². The minimum atomic E-state index is -4.35. The summed E-state index contributed by atoms with van der Waals surface area (Å²) in [6.07, 6.45) is 6.53. The predicted molar refractivity (Wildman–Crippen MR) is 138 cm³/mol.